The maximum Gasteiger partial charge on any atom is 0.293 e. The van der Waals surface area contributed by atoms with Crippen LogP contribution in [0.15, 0.2) is 30.5 Å². The highest BCUT2D eigenvalue weighted by atomic mass is 19.3. The van der Waals surface area contributed by atoms with E-state index in [1.165, 1.54) is 29.8 Å². The van der Waals surface area contributed by atoms with Gasteiger partial charge in [-0.15, -0.1) is 0 Å². The minimum Gasteiger partial charge on any atom is -0.337 e. The lowest BCUT2D eigenvalue weighted by Gasteiger charge is -2.46. The molecule has 2 amide bonds. The van der Waals surface area contributed by atoms with Crippen LogP contribution in [0.1, 0.15) is 50.6 Å². The molecule has 3 N–H and O–H groups in total. The molecule has 1 fully saturated rings. The van der Waals surface area contributed by atoms with Crippen molar-refractivity contribution in [2.45, 2.75) is 50.4 Å². The predicted octanol–water partition coefficient (Wildman–Crippen LogP) is 2.82. The first kappa shape index (κ1) is 23.7. The van der Waals surface area contributed by atoms with Crippen LogP contribution >= 0.6 is 0 Å². The largest absolute Gasteiger partial charge is 0.337 e. The molecule has 0 unspecified atom stereocenters. The van der Waals surface area contributed by atoms with Gasteiger partial charge in [0.15, 0.2) is 0 Å². The average molecular weight is 504 g/mol. The van der Waals surface area contributed by atoms with E-state index >= 15 is 0 Å². The predicted molar refractivity (Wildman–Crippen MR) is 117 cm³/mol. The van der Waals surface area contributed by atoms with Gasteiger partial charge in [0, 0.05) is 30.6 Å². The molecule has 3 heterocycles. The van der Waals surface area contributed by atoms with Crippen LogP contribution in [0.25, 0.3) is 0 Å². The summed E-state index contributed by atoms with van der Waals surface area (Å²) in [7, 11) is 0. The topological polar surface area (TPSA) is 122 Å². The number of nitrogens with zero attached hydrogens (tertiary/aromatic N) is 3. The highest BCUT2D eigenvalue weighted by Gasteiger charge is 2.60. The SMILES string of the molecule is Cc1c(C(=O)C(=O)NC2(c3cn[nH]n3)CC(F)(F)C2)c2n(c1C(=O)Nc1ccc(F)cc1)C[C@H](F)C2. The quantitative estimate of drug-likeness (QED) is 0.271. The molecule has 1 saturated carbocycles. The lowest BCUT2D eigenvalue weighted by atomic mass is 9.71. The highest BCUT2D eigenvalue weighted by Crippen LogP contribution is 2.51. The number of ketones is 1. The van der Waals surface area contributed by atoms with E-state index in [1.807, 2.05) is 0 Å². The molecule has 0 radical (unpaired) electrons. The molecule has 2 aliphatic rings. The number of fused-ring (bicyclic) bond motifs is 1. The molecule has 0 spiro atoms. The highest BCUT2D eigenvalue weighted by molar-refractivity contribution is 6.44. The maximum atomic E-state index is 14.3. The lowest BCUT2D eigenvalue weighted by Crippen LogP contribution is -2.61. The number of rotatable bonds is 6. The third-order valence-corrected chi connectivity index (χ3v) is 6.54. The summed E-state index contributed by atoms with van der Waals surface area (Å²) in [5.74, 6) is -6.50. The Morgan fingerprint density at radius 1 is 1.17 bits per heavy atom. The zero-order valence-electron chi connectivity index (χ0n) is 18.9. The summed E-state index contributed by atoms with van der Waals surface area (Å²) in [5, 5.41) is 14.6. The van der Waals surface area contributed by atoms with Crippen molar-refractivity contribution in [2.24, 2.45) is 0 Å². The second-order valence-electron chi connectivity index (χ2n) is 9.10. The third-order valence-electron chi connectivity index (χ3n) is 6.54. The molecule has 9 nitrogen and oxygen atoms in total. The van der Waals surface area contributed by atoms with E-state index in [1.54, 1.807) is 0 Å². The summed E-state index contributed by atoms with van der Waals surface area (Å²) < 4.78 is 56.4. The van der Waals surface area contributed by atoms with Gasteiger partial charge in [-0.25, -0.2) is 17.6 Å². The molecule has 0 bridgehead atoms. The van der Waals surface area contributed by atoms with Crippen LogP contribution in [0.4, 0.5) is 23.2 Å². The van der Waals surface area contributed by atoms with Crippen molar-refractivity contribution in [1.82, 2.24) is 25.3 Å². The number of aromatic nitrogens is 4. The second-order valence-corrected chi connectivity index (χ2v) is 9.10. The van der Waals surface area contributed by atoms with Gasteiger partial charge in [-0.2, -0.15) is 15.4 Å². The van der Waals surface area contributed by atoms with Gasteiger partial charge in [-0.1, -0.05) is 0 Å². The first-order valence-corrected chi connectivity index (χ1v) is 11.0. The van der Waals surface area contributed by atoms with Crippen molar-refractivity contribution in [2.75, 3.05) is 5.32 Å². The van der Waals surface area contributed by atoms with Gasteiger partial charge in [0.2, 0.25) is 0 Å². The number of alkyl halides is 3. The Hall–Kier alpha value is -4.03. The number of Topliss-reactive ketones (excluding diaryl/α,β-unsaturated/α-hetero) is 1. The van der Waals surface area contributed by atoms with Gasteiger partial charge in [-0.05, 0) is 36.8 Å². The first-order chi connectivity index (χ1) is 17.0. The maximum absolute atomic E-state index is 14.3. The van der Waals surface area contributed by atoms with Crippen LogP contribution in [-0.4, -0.2) is 49.7 Å². The molecule has 1 atom stereocenters. The summed E-state index contributed by atoms with van der Waals surface area (Å²) in [6.45, 7) is 1.25. The van der Waals surface area contributed by atoms with Crippen molar-refractivity contribution >= 4 is 23.3 Å². The molecule has 13 heteroatoms. The Bertz CT molecular complexity index is 1360. The molecule has 188 valence electrons. The Labute approximate surface area is 201 Å². The van der Waals surface area contributed by atoms with Crippen molar-refractivity contribution in [3.05, 3.63) is 64.5 Å². The van der Waals surface area contributed by atoms with Gasteiger partial charge in [-0.3, -0.25) is 14.4 Å². The van der Waals surface area contributed by atoms with Gasteiger partial charge < -0.3 is 15.2 Å². The molecule has 0 saturated heterocycles. The van der Waals surface area contributed by atoms with E-state index in [0.29, 0.717) is 0 Å². The number of carbonyl (C=O) groups excluding carboxylic acids is 3. The van der Waals surface area contributed by atoms with Gasteiger partial charge in [0.05, 0.1) is 23.8 Å². The van der Waals surface area contributed by atoms with Crippen molar-refractivity contribution in [1.29, 1.82) is 0 Å². The average Bonchev–Trinajstić information content (AvgIpc) is 3.49. The number of hydrogen-bond acceptors (Lipinski definition) is 5. The van der Waals surface area contributed by atoms with E-state index in [2.05, 4.69) is 26.0 Å². The summed E-state index contributed by atoms with van der Waals surface area (Å²) >= 11 is 0. The fourth-order valence-electron chi connectivity index (χ4n) is 5.00. The molecule has 3 aromatic rings. The molecule has 36 heavy (non-hydrogen) atoms. The van der Waals surface area contributed by atoms with Gasteiger partial charge >= 0.3 is 0 Å². The molecular weight excluding hydrogens is 484 g/mol. The zero-order chi connectivity index (χ0) is 25.8. The van der Waals surface area contributed by atoms with Crippen molar-refractivity contribution in [3.63, 3.8) is 0 Å². The smallest absolute Gasteiger partial charge is 0.293 e. The number of H-pyrrole nitrogens is 1. The molecule has 2 aromatic heterocycles. The minimum absolute atomic E-state index is 0.0213. The fraction of sp³-hybridized carbons (Fsp3) is 0.348. The fourth-order valence-corrected chi connectivity index (χ4v) is 5.00. The summed E-state index contributed by atoms with van der Waals surface area (Å²) in [4.78, 5) is 39.3. The third kappa shape index (κ3) is 3.93. The van der Waals surface area contributed by atoms with E-state index in [4.69, 9.17) is 0 Å². The summed E-state index contributed by atoms with van der Waals surface area (Å²) in [6, 6.07) is 4.98. The van der Waals surface area contributed by atoms with Gasteiger partial charge in [0.1, 0.15) is 23.4 Å². The van der Waals surface area contributed by atoms with Crippen LogP contribution in [0.3, 0.4) is 0 Å². The number of nitrogens with one attached hydrogen (secondary N) is 3. The standard InChI is InChI=1S/C23H20F4N6O3/c1-11-17(19(34)21(36)30-22(9-23(26,27)10-22)16-7-28-32-31-16)15-6-13(25)8-33(15)18(11)20(35)29-14-4-2-12(24)3-5-14/h2-5,7,13H,6,8-10H2,1H3,(H,29,35)(H,30,36)(H,28,31,32)/t13-/m1/s1. The Morgan fingerprint density at radius 2 is 1.86 bits per heavy atom. The summed E-state index contributed by atoms with van der Waals surface area (Å²) in [5.41, 5.74) is -1.13. The van der Waals surface area contributed by atoms with Crippen LogP contribution < -0.4 is 10.6 Å². The normalized spacial score (nSPS) is 19.3. The van der Waals surface area contributed by atoms with Crippen LogP contribution in [-0.2, 0) is 23.3 Å². The van der Waals surface area contributed by atoms with E-state index < -0.39 is 53.9 Å². The number of hydrogen-bond donors (Lipinski definition) is 3. The van der Waals surface area contributed by atoms with E-state index in [9.17, 15) is 31.9 Å². The number of benzene rings is 1. The molecule has 5 rings (SSSR count). The molecule has 1 aromatic carbocycles. The molecular formula is C23H20F4N6O3. The Kier molecular flexibility index (Phi) is 5.45. The van der Waals surface area contributed by atoms with Gasteiger partial charge in [0.25, 0.3) is 23.5 Å². The second kappa shape index (κ2) is 8.28. The van der Waals surface area contributed by atoms with E-state index in [0.717, 1.165) is 12.1 Å². The number of anilines is 1. The van der Waals surface area contributed by atoms with Crippen molar-refractivity contribution < 1.29 is 31.9 Å². The Morgan fingerprint density at radius 3 is 2.47 bits per heavy atom. The van der Waals surface area contributed by atoms with Crippen molar-refractivity contribution in [3.8, 4) is 0 Å². The zero-order valence-corrected chi connectivity index (χ0v) is 18.9. The van der Waals surface area contributed by atoms with Crippen LogP contribution in [0.2, 0.25) is 0 Å². The number of aromatic amines is 1. The molecule has 1 aliphatic carbocycles. The summed E-state index contributed by atoms with van der Waals surface area (Å²) in [6.07, 6.45) is -1.94. The van der Waals surface area contributed by atoms with E-state index in [-0.39, 0.29) is 46.9 Å². The first-order valence-electron chi connectivity index (χ1n) is 11.0. The van der Waals surface area contributed by atoms with Crippen LogP contribution in [0.5, 0.6) is 0 Å². The minimum atomic E-state index is -3.06. The monoisotopic (exact) mass is 504 g/mol. The van der Waals surface area contributed by atoms with Crippen LogP contribution in [0, 0.1) is 12.7 Å². The molecule has 1 aliphatic heterocycles. The number of carbonyl (C=O) groups is 3. The lowest BCUT2D eigenvalue weighted by molar-refractivity contribution is -0.148. The number of halogens is 4. The Balaban J connectivity index is 1.45. The number of amides is 2.